The van der Waals surface area contributed by atoms with E-state index in [0.717, 1.165) is 19.4 Å². The first-order valence-electron chi connectivity index (χ1n) is 5.02. The summed E-state index contributed by atoms with van der Waals surface area (Å²) in [6.07, 6.45) is 9.11. The number of aryl methyl sites for hydroxylation is 2. The van der Waals surface area contributed by atoms with E-state index < -0.39 is 0 Å². The van der Waals surface area contributed by atoms with Gasteiger partial charge in [-0.25, -0.2) is 13.9 Å². The molecule has 0 amide bonds. The molecule has 0 spiro atoms. The fraction of sp³-hybridized carbons (Fsp3) is 0.455. The summed E-state index contributed by atoms with van der Waals surface area (Å²) in [6.45, 7) is 4.75. The monoisotopic (exact) mass is 209 g/mol. The molecule has 0 aliphatic heterocycles. The van der Waals surface area contributed by atoms with Gasteiger partial charge < -0.3 is 4.74 Å². The van der Waals surface area contributed by atoms with Crippen molar-refractivity contribution in [3.8, 4) is 0 Å². The second-order valence-electron chi connectivity index (χ2n) is 3.40. The summed E-state index contributed by atoms with van der Waals surface area (Å²) in [5, 5.41) is 0. The second-order valence-corrected chi connectivity index (χ2v) is 3.40. The summed E-state index contributed by atoms with van der Waals surface area (Å²) in [4.78, 5) is 10.7. The highest BCUT2D eigenvalue weighted by molar-refractivity contribution is 5.81. The number of rotatable bonds is 6. The van der Waals surface area contributed by atoms with Gasteiger partial charge in [0.25, 0.3) is 0 Å². The number of unbranched alkanes of at least 4 members (excludes halogenated alkanes) is 1. The van der Waals surface area contributed by atoms with Crippen LogP contribution in [0, 0.1) is 0 Å². The van der Waals surface area contributed by atoms with Gasteiger partial charge in [0, 0.05) is 6.08 Å². The Morgan fingerprint density at radius 2 is 2.40 bits per heavy atom. The smallest absolute Gasteiger partial charge is 0.330 e. The molecule has 0 aliphatic carbocycles. The number of hydrogen-bond donors (Lipinski definition) is 0. The molecule has 1 aromatic rings. The SMILES string of the molecule is C=CC(=O)OCCCCn1cc[n+](C)c1. The third kappa shape index (κ3) is 4.44. The van der Waals surface area contributed by atoms with Gasteiger partial charge in [-0.05, 0) is 12.8 Å². The Morgan fingerprint density at radius 1 is 1.60 bits per heavy atom. The molecule has 4 nitrogen and oxygen atoms in total. The van der Waals surface area contributed by atoms with E-state index in [1.54, 1.807) is 0 Å². The quantitative estimate of drug-likeness (QED) is 0.301. The first-order chi connectivity index (χ1) is 7.22. The van der Waals surface area contributed by atoms with Crippen LogP contribution in [-0.4, -0.2) is 17.1 Å². The van der Waals surface area contributed by atoms with Crippen LogP contribution >= 0.6 is 0 Å². The lowest BCUT2D eigenvalue weighted by atomic mass is 10.3. The van der Waals surface area contributed by atoms with Gasteiger partial charge in [0.15, 0.2) is 0 Å². The Balaban J connectivity index is 2.07. The van der Waals surface area contributed by atoms with E-state index in [9.17, 15) is 4.79 Å². The van der Waals surface area contributed by atoms with Crippen molar-refractivity contribution in [2.75, 3.05) is 6.61 Å². The van der Waals surface area contributed by atoms with Crippen LogP contribution in [0.15, 0.2) is 31.4 Å². The molecule has 15 heavy (non-hydrogen) atoms. The van der Waals surface area contributed by atoms with Gasteiger partial charge in [0.05, 0.1) is 20.2 Å². The van der Waals surface area contributed by atoms with Crippen LogP contribution in [0.2, 0.25) is 0 Å². The number of carbonyl (C=O) groups is 1. The van der Waals surface area contributed by atoms with Crippen molar-refractivity contribution in [1.29, 1.82) is 0 Å². The van der Waals surface area contributed by atoms with Gasteiger partial charge in [0.2, 0.25) is 6.33 Å². The fourth-order valence-electron chi connectivity index (χ4n) is 1.26. The highest BCUT2D eigenvalue weighted by Gasteiger charge is 2.00. The number of aromatic nitrogens is 2. The van der Waals surface area contributed by atoms with Crippen molar-refractivity contribution in [2.24, 2.45) is 7.05 Å². The first kappa shape index (κ1) is 11.5. The normalized spacial score (nSPS) is 9.93. The molecule has 0 aliphatic rings. The molecule has 0 saturated carbocycles. The average molecular weight is 209 g/mol. The second kappa shape index (κ2) is 6.01. The van der Waals surface area contributed by atoms with Crippen molar-refractivity contribution in [2.45, 2.75) is 19.4 Å². The predicted octanol–water partition coefficient (Wildman–Crippen LogP) is 0.822. The number of ether oxygens (including phenoxy) is 1. The standard InChI is InChI=1S/C11H17N2O2/c1-3-11(14)15-9-5-4-6-13-8-7-12(2)10-13/h3,7-8,10H,1,4-6,9H2,2H3/q+1. The number of hydrogen-bond acceptors (Lipinski definition) is 2. The minimum Gasteiger partial charge on any atom is -0.463 e. The number of nitrogens with zero attached hydrogens (tertiary/aromatic N) is 2. The molecule has 0 atom stereocenters. The van der Waals surface area contributed by atoms with Crippen LogP contribution in [0.1, 0.15) is 12.8 Å². The Kier molecular flexibility index (Phi) is 4.60. The van der Waals surface area contributed by atoms with Gasteiger partial charge >= 0.3 is 5.97 Å². The number of carbonyl (C=O) groups excluding carboxylic acids is 1. The molecule has 1 heterocycles. The Bertz CT molecular complexity index is 331. The summed E-state index contributed by atoms with van der Waals surface area (Å²) in [6, 6.07) is 0. The van der Waals surface area contributed by atoms with E-state index in [4.69, 9.17) is 4.74 Å². The van der Waals surface area contributed by atoms with Gasteiger partial charge in [-0.1, -0.05) is 6.58 Å². The van der Waals surface area contributed by atoms with Crippen LogP contribution in [0.3, 0.4) is 0 Å². The average Bonchev–Trinajstić information content (AvgIpc) is 2.63. The first-order valence-corrected chi connectivity index (χ1v) is 5.02. The lowest BCUT2D eigenvalue weighted by Crippen LogP contribution is -2.23. The number of esters is 1. The summed E-state index contributed by atoms with van der Waals surface area (Å²) in [5.41, 5.74) is 0. The van der Waals surface area contributed by atoms with Crippen LogP contribution < -0.4 is 4.57 Å². The van der Waals surface area contributed by atoms with Crippen molar-refractivity contribution < 1.29 is 14.1 Å². The minimum absolute atomic E-state index is 0.345. The van der Waals surface area contributed by atoms with Gasteiger partial charge in [-0.2, -0.15) is 0 Å². The Hall–Kier alpha value is -1.58. The van der Waals surface area contributed by atoms with Crippen molar-refractivity contribution in [3.63, 3.8) is 0 Å². The largest absolute Gasteiger partial charge is 0.463 e. The molecule has 0 aromatic carbocycles. The van der Waals surface area contributed by atoms with Crippen LogP contribution in [0.4, 0.5) is 0 Å². The number of imidazole rings is 1. The van der Waals surface area contributed by atoms with E-state index in [1.165, 1.54) is 6.08 Å². The summed E-state index contributed by atoms with van der Waals surface area (Å²) >= 11 is 0. The lowest BCUT2D eigenvalue weighted by molar-refractivity contribution is -0.671. The highest BCUT2D eigenvalue weighted by atomic mass is 16.5. The van der Waals surface area contributed by atoms with E-state index in [1.807, 2.05) is 30.3 Å². The molecule has 0 unspecified atom stereocenters. The zero-order valence-corrected chi connectivity index (χ0v) is 9.06. The molecule has 0 saturated heterocycles. The van der Waals surface area contributed by atoms with Crippen LogP contribution in [-0.2, 0) is 23.1 Å². The van der Waals surface area contributed by atoms with E-state index in [2.05, 4.69) is 11.1 Å². The molecule has 0 radical (unpaired) electrons. The zero-order valence-electron chi connectivity index (χ0n) is 9.06. The van der Waals surface area contributed by atoms with E-state index >= 15 is 0 Å². The maximum atomic E-state index is 10.7. The molecular weight excluding hydrogens is 192 g/mol. The van der Waals surface area contributed by atoms with Crippen LogP contribution in [0.25, 0.3) is 0 Å². The maximum Gasteiger partial charge on any atom is 0.330 e. The summed E-state index contributed by atoms with van der Waals surface area (Å²) in [5.74, 6) is -0.345. The van der Waals surface area contributed by atoms with Gasteiger partial charge in [0.1, 0.15) is 12.4 Å². The van der Waals surface area contributed by atoms with Crippen molar-refractivity contribution in [1.82, 2.24) is 4.57 Å². The van der Waals surface area contributed by atoms with Crippen LogP contribution in [0.5, 0.6) is 0 Å². The van der Waals surface area contributed by atoms with Crippen molar-refractivity contribution >= 4 is 5.97 Å². The predicted molar refractivity (Wildman–Crippen MR) is 56.0 cm³/mol. The summed E-state index contributed by atoms with van der Waals surface area (Å²) in [7, 11) is 1.99. The van der Waals surface area contributed by atoms with Crippen molar-refractivity contribution in [3.05, 3.63) is 31.4 Å². The third-order valence-corrected chi connectivity index (χ3v) is 2.05. The molecular formula is C11H17N2O2+. The molecule has 0 bridgehead atoms. The fourth-order valence-corrected chi connectivity index (χ4v) is 1.26. The third-order valence-electron chi connectivity index (χ3n) is 2.05. The molecule has 1 rings (SSSR count). The highest BCUT2D eigenvalue weighted by Crippen LogP contribution is 1.95. The van der Waals surface area contributed by atoms with E-state index in [0.29, 0.717) is 6.61 Å². The topological polar surface area (TPSA) is 35.1 Å². The molecule has 4 heteroatoms. The molecule has 0 fully saturated rings. The Labute approximate surface area is 89.8 Å². The maximum absolute atomic E-state index is 10.7. The molecule has 82 valence electrons. The lowest BCUT2D eigenvalue weighted by Gasteiger charge is -2.00. The molecule has 1 aromatic heterocycles. The Morgan fingerprint density at radius 3 is 3.00 bits per heavy atom. The van der Waals surface area contributed by atoms with Gasteiger partial charge in [-0.15, -0.1) is 0 Å². The zero-order chi connectivity index (χ0) is 11.1. The minimum atomic E-state index is -0.345. The van der Waals surface area contributed by atoms with E-state index in [-0.39, 0.29) is 5.97 Å². The molecule has 0 N–H and O–H groups in total. The van der Waals surface area contributed by atoms with Gasteiger partial charge in [-0.3, -0.25) is 0 Å². The summed E-state index contributed by atoms with van der Waals surface area (Å²) < 4.78 is 8.97.